The molecule has 0 aliphatic carbocycles. The number of hydrogen-bond donors (Lipinski definition) is 0. The molecule has 0 aromatic heterocycles. The summed E-state index contributed by atoms with van der Waals surface area (Å²) in [5, 5.41) is 1.12. The molecule has 4 rings (SSSR count). The molecule has 30 heavy (non-hydrogen) atoms. The second kappa shape index (κ2) is 8.23. The lowest BCUT2D eigenvalue weighted by Gasteiger charge is -2.11. The Morgan fingerprint density at radius 2 is 1.40 bits per heavy atom. The lowest BCUT2D eigenvalue weighted by molar-refractivity contribution is 0.360. The number of ether oxygens (including phenoxy) is 1. The van der Waals surface area contributed by atoms with Gasteiger partial charge in [-0.1, -0.05) is 61.9 Å². The van der Waals surface area contributed by atoms with Crippen LogP contribution in [0.3, 0.4) is 0 Å². The van der Waals surface area contributed by atoms with E-state index in [0.717, 1.165) is 41.5 Å². The van der Waals surface area contributed by atoms with E-state index >= 15 is 4.39 Å². The van der Waals surface area contributed by atoms with Gasteiger partial charge in [-0.05, 0) is 52.3 Å². The molecule has 0 heterocycles. The minimum atomic E-state index is -0.867. The monoisotopic (exact) mass is 406 g/mol. The predicted molar refractivity (Wildman–Crippen MR) is 115 cm³/mol. The molecule has 0 spiro atoms. The average Bonchev–Trinajstić information content (AvgIpc) is 2.74. The first-order valence-electron chi connectivity index (χ1n) is 9.86. The average molecular weight is 406 g/mol. The summed E-state index contributed by atoms with van der Waals surface area (Å²) < 4.78 is 48.0. The number of aryl methyl sites for hydroxylation is 1. The second-order valence-electron chi connectivity index (χ2n) is 7.28. The van der Waals surface area contributed by atoms with E-state index in [0.29, 0.717) is 5.39 Å². The van der Waals surface area contributed by atoms with Gasteiger partial charge in [0, 0.05) is 10.9 Å². The molecule has 0 unspecified atom stereocenters. The number of benzene rings is 4. The van der Waals surface area contributed by atoms with Crippen LogP contribution >= 0.6 is 0 Å². The summed E-state index contributed by atoms with van der Waals surface area (Å²) in [6.45, 7) is 2.15. The van der Waals surface area contributed by atoms with E-state index < -0.39 is 23.2 Å². The lowest BCUT2D eigenvalue weighted by atomic mass is 9.96. The molecule has 0 saturated heterocycles. The van der Waals surface area contributed by atoms with Crippen LogP contribution in [0.1, 0.15) is 18.9 Å². The normalized spacial score (nSPS) is 11.1. The fraction of sp³-hybridized carbons (Fsp3) is 0.154. The molecule has 0 aliphatic heterocycles. The molecule has 0 fully saturated rings. The molecule has 4 heteroatoms. The van der Waals surface area contributed by atoms with Crippen LogP contribution in [0.5, 0.6) is 5.75 Å². The van der Waals surface area contributed by atoms with Crippen molar-refractivity contribution in [3.8, 4) is 28.0 Å². The van der Waals surface area contributed by atoms with Crippen molar-refractivity contribution in [2.75, 3.05) is 7.11 Å². The minimum absolute atomic E-state index is 0.126. The Balaban J connectivity index is 1.75. The predicted octanol–water partition coefficient (Wildman–Crippen LogP) is 7.55. The van der Waals surface area contributed by atoms with Crippen LogP contribution in [-0.4, -0.2) is 7.11 Å². The van der Waals surface area contributed by atoms with E-state index in [1.807, 2.05) is 12.1 Å². The van der Waals surface area contributed by atoms with Gasteiger partial charge < -0.3 is 4.74 Å². The highest BCUT2D eigenvalue weighted by atomic mass is 19.1. The van der Waals surface area contributed by atoms with Crippen molar-refractivity contribution in [1.29, 1.82) is 0 Å². The van der Waals surface area contributed by atoms with Crippen molar-refractivity contribution >= 4 is 10.8 Å². The maximum Gasteiger partial charge on any atom is 0.190 e. The van der Waals surface area contributed by atoms with Crippen LogP contribution in [0.25, 0.3) is 33.0 Å². The van der Waals surface area contributed by atoms with Gasteiger partial charge >= 0.3 is 0 Å². The van der Waals surface area contributed by atoms with E-state index in [1.54, 1.807) is 18.2 Å². The van der Waals surface area contributed by atoms with Crippen molar-refractivity contribution in [3.63, 3.8) is 0 Å². The first-order chi connectivity index (χ1) is 14.5. The summed E-state index contributed by atoms with van der Waals surface area (Å²) in [5.74, 6) is -2.72. The molecular weight excluding hydrogens is 385 g/mol. The highest BCUT2D eigenvalue weighted by Gasteiger charge is 2.16. The molecule has 0 saturated carbocycles. The Bertz CT molecular complexity index is 1190. The van der Waals surface area contributed by atoms with Crippen molar-refractivity contribution in [2.24, 2.45) is 0 Å². The quantitative estimate of drug-likeness (QED) is 0.332. The van der Waals surface area contributed by atoms with E-state index in [2.05, 4.69) is 31.2 Å². The topological polar surface area (TPSA) is 9.23 Å². The maximum absolute atomic E-state index is 15.2. The van der Waals surface area contributed by atoms with Gasteiger partial charge in [-0.2, -0.15) is 0 Å². The molecule has 0 atom stereocenters. The van der Waals surface area contributed by atoms with E-state index in [4.69, 9.17) is 4.74 Å². The number of fused-ring (bicyclic) bond motifs is 1. The fourth-order valence-corrected chi connectivity index (χ4v) is 3.76. The van der Waals surface area contributed by atoms with E-state index in [1.165, 1.54) is 12.7 Å². The van der Waals surface area contributed by atoms with Gasteiger partial charge in [0.1, 0.15) is 5.82 Å². The van der Waals surface area contributed by atoms with Crippen molar-refractivity contribution < 1.29 is 17.9 Å². The number of hydrogen-bond acceptors (Lipinski definition) is 1. The molecule has 0 bridgehead atoms. The van der Waals surface area contributed by atoms with Gasteiger partial charge in [0.2, 0.25) is 0 Å². The Hall–Kier alpha value is -3.27. The lowest BCUT2D eigenvalue weighted by Crippen LogP contribution is -1.95. The van der Waals surface area contributed by atoms with E-state index in [-0.39, 0.29) is 11.1 Å². The first kappa shape index (κ1) is 20.0. The zero-order valence-corrected chi connectivity index (χ0v) is 16.8. The van der Waals surface area contributed by atoms with Gasteiger partial charge in [0.15, 0.2) is 17.4 Å². The van der Waals surface area contributed by atoms with Gasteiger partial charge in [0.05, 0.1) is 7.11 Å². The molecule has 152 valence electrons. The van der Waals surface area contributed by atoms with Gasteiger partial charge in [-0.25, -0.2) is 13.2 Å². The Labute approximate surface area is 173 Å². The van der Waals surface area contributed by atoms with Crippen LogP contribution in [0, 0.1) is 17.5 Å². The molecule has 0 amide bonds. The third-order valence-corrected chi connectivity index (χ3v) is 5.29. The Morgan fingerprint density at radius 3 is 2.03 bits per heavy atom. The smallest absolute Gasteiger partial charge is 0.190 e. The SMILES string of the molecule is CCCc1ccc(-c2ccc3c(F)c(-c4cc(F)c(OC)c(F)c4)ccc3c2)cc1. The van der Waals surface area contributed by atoms with Gasteiger partial charge in [0.25, 0.3) is 0 Å². The summed E-state index contributed by atoms with van der Waals surface area (Å²) in [4.78, 5) is 0. The number of methoxy groups -OCH3 is 1. The molecule has 4 aromatic rings. The van der Waals surface area contributed by atoms with Crippen molar-refractivity contribution in [3.05, 3.63) is 89.7 Å². The fourth-order valence-electron chi connectivity index (χ4n) is 3.76. The van der Waals surface area contributed by atoms with Crippen LogP contribution in [0.2, 0.25) is 0 Å². The van der Waals surface area contributed by atoms with Crippen molar-refractivity contribution in [2.45, 2.75) is 19.8 Å². The third-order valence-electron chi connectivity index (χ3n) is 5.29. The van der Waals surface area contributed by atoms with Crippen LogP contribution in [0.15, 0.2) is 66.7 Å². The Kier molecular flexibility index (Phi) is 5.49. The summed E-state index contributed by atoms with van der Waals surface area (Å²) in [5.41, 5.74) is 3.59. The molecule has 0 radical (unpaired) electrons. The largest absolute Gasteiger partial charge is 0.491 e. The zero-order valence-electron chi connectivity index (χ0n) is 16.8. The molecule has 0 N–H and O–H groups in total. The summed E-state index contributed by atoms with van der Waals surface area (Å²) in [6.07, 6.45) is 2.14. The second-order valence-corrected chi connectivity index (χ2v) is 7.28. The first-order valence-corrected chi connectivity index (χ1v) is 9.86. The highest BCUT2D eigenvalue weighted by molar-refractivity contribution is 5.91. The number of halogens is 3. The zero-order chi connectivity index (χ0) is 21.3. The third kappa shape index (κ3) is 3.65. The maximum atomic E-state index is 15.2. The van der Waals surface area contributed by atoms with Crippen LogP contribution in [0.4, 0.5) is 13.2 Å². The summed E-state index contributed by atoms with van der Waals surface area (Å²) >= 11 is 0. The minimum Gasteiger partial charge on any atom is -0.491 e. The molecule has 4 aromatic carbocycles. The van der Waals surface area contributed by atoms with E-state index in [9.17, 15) is 8.78 Å². The van der Waals surface area contributed by atoms with Crippen LogP contribution < -0.4 is 4.74 Å². The Morgan fingerprint density at radius 1 is 0.733 bits per heavy atom. The highest BCUT2D eigenvalue weighted by Crippen LogP contribution is 2.34. The van der Waals surface area contributed by atoms with Crippen molar-refractivity contribution in [1.82, 2.24) is 0 Å². The number of rotatable bonds is 5. The molecular formula is C26H21F3O. The summed E-state index contributed by atoms with van der Waals surface area (Å²) in [7, 11) is 1.19. The standard InChI is InChI=1S/C26H21F3O/c1-3-4-16-5-7-17(8-6-16)18-9-11-21-19(13-18)10-12-22(25(21)29)20-14-23(27)26(30-2)24(28)15-20/h5-15H,3-4H2,1-2H3. The van der Waals surface area contributed by atoms with Gasteiger partial charge in [-0.15, -0.1) is 0 Å². The van der Waals surface area contributed by atoms with Crippen LogP contribution in [-0.2, 0) is 6.42 Å². The molecule has 1 nitrogen and oxygen atoms in total. The summed E-state index contributed by atoms with van der Waals surface area (Å²) in [6, 6.07) is 19.3. The van der Waals surface area contributed by atoms with Gasteiger partial charge in [-0.3, -0.25) is 0 Å². The molecule has 0 aliphatic rings.